The molecule has 0 radical (unpaired) electrons. The number of aldehydes is 1. The first-order chi connectivity index (χ1) is 7.13. The van der Waals surface area contributed by atoms with E-state index in [4.69, 9.17) is 0 Å². The Morgan fingerprint density at radius 3 is 2.33 bits per heavy atom. The van der Waals surface area contributed by atoms with Crippen molar-refractivity contribution in [2.45, 2.75) is 20.8 Å². The van der Waals surface area contributed by atoms with Crippen LogP contribution in [0, 0.1) is 20.8 Å². The van der Waals surface area contributed by atoms with E-state index in [1.165, 1.54) is 27.5 Å². The van der Waals surface area contributed by atoms with Crippen molar-refractivity contribution < 1.29 is 4.79 Å². The van der Waals surface area contributed by atoms with Crippen LogP contribution in [0.1, 0.15) is 27.0 Å². The van der Waals surface area contributed by atoms with E-state index in [1.807, 2.05) is 18.2 Å². The fourth-order valence-corrected chi connectivity index (χ4v) is 2.01. The fraction of sp³-hybridized carbons (Fsp3) is 0.214. The standard InChI is InChI=1S/C14H14O/c1-9-6-10(2)14-7-12(8-15)4-5-13(14)11(9)3/h4-8H,1-3H3. The van der Waals surface area contributed by atoms with Gasteiger partial charge in [0.05, 0.1) is 0 Å². The molecule has 0 bridgehead atoms. The van der Waals surface area contributed by atoms with Gasteiger partial charge in [-0.05, 0) is 54.3 Å². The Morgan fingerprint density at radius 1 is 0.933 bits per heavy atom. The Balaban J connectivity index is 2.89. The summed E-state index contributed by atoms with van der Waals surface area (Å²) in [4.78, 5) is 10.7. The van der Waals surface area contributed by atoms with Gasteiger partial charge in [-0.15, -0.1) is 0 Å². The fourth-order valence-electron chi connectivity index (χ4n) is 2.01. The number of fused-ring (bicyclic) bond motifs is 1. The average molecular weight is 198 g/mol. The van der Waals surface area contributed by atoms with Crippen molar-refractivity contribution in [2.75, 3.05) is 0 Å². The lowest BCUT2D eigenvalue weighted by molar-refractivity contribution is 0.112. The van der Waals surface area contributed by atoms with Gasteiger partial charge in [0.15, 0.2) is 0 Å². The second-order valence-electron chi connectivity index (χ2n) is 4.06. The molecule has 2 rings (SSSR count). The molecule has 0 unspecified atom stereocenters. The van der Waals surface area contributed by atoms with Crippen molar-refractivity contribution in [2.24, 2.45) is 0 Å². The number of hydrogen-bond acceptors (Lipinski definition) is 1. The first kappa shape index (κ1) is 9.91. The first-order valence-corrected chi connectivity index (χ1v) is 5.09. The molecule has 1 heteroatoms. The van der Waals surface area contributed by atoms with Gasteiger partial charge in [0.25, 0.3) is 0 Å². The summed E-state index contributed by atoms with van der Waals surface area (Å²) in [5.41, 5.74) is 4.58. The van der Waals surface area contributed by atoms with Crippen molar-refractivity contribution in [1.82, 2.24) is 0 Å². The van der Waals surface area contributed by atoms with E-state index >= 15 is 0 Å². The molecule has 0 aliphatic rings. The maximum Gasteiger partial charge on any atom is 0.150 e. The summed E-state index contributed by atoms with van der Waals surface area (Å²) in [5, 5.41) is 2.43. The minimum atomic E-state index is 0.744. The lowest BCUT2D eigenvalue weighted by atomic mass is 9.95. The predicted octanol–water partition coefficient (Wildman–Crippen LogP) is 3.58. The van der Waals surface area contributed by atoms with Crippen molar-refractivity contribution in [3.63, 3.8) is 0 Å². The quantitative estimate of drug-likeness (QED) is 0.640. The molecule has 0 saturated heterocycles. The summed E-state index contributed by atoms with van der Waals surface area (Å²) in [6.45, 7) is 6.33. The van der Waals surface area contributed by atoms with Crippen molar-refractivity contribution in [3.8, 4) is 0 Å². The second-order valence-corrected chi connectivity index (χ2v) is 4.06. The molecule has 0 aliphatic heterocycles. The highest BCUT2D eigenvalue weighted by Crippen LogP contribution is 2.25. The molecule has 0 fully saturated rings. The third kappa shape index (κ3) is 1.54. The van der Waals surface area contributed by atoms with Gasteiger partial charge in [-0.3, -0.25) is 4.79 Å². The zero-order chi connectivity index (χ0) is 11.0. The molecule has 0 spiro atoms. The Labute approximate surface area is 89.7 Å². The molecular formula is C14H14O. The Bertz CT molecular complexity index is 539. The van der Waals surface area contributed by atoms with Crippen molar-refractivity contribution in [3.05, 3.63) is 46.5 Å². The van der Waals surface area contributed by atoms with E-state index < -0.39 is 0 Å². The Kier molecular flexibility index (Phi) is 2.31. The van der Waals surface area contributed by atoms with Crippen LogP contribution in [0.4, 0.5) is 0 Å². The van der Waals surface area contributed by atoms with Gasteiger partial charge >= 0.3 is 0 Å². The van der Waals surface area contributed by atoms with Gasteiger partial charge in [0.2, 0.25) is 0 Å². The largest absolute Gasteiger partial charge is 0.298 e. The van der Waals surface area contributed by atoms with Crippen LogP contribution >= 0.6 is 0 Å². The van der Waals surface area contributed by atoms with Gasteiger partial charge in [-0.1, -0.05) is 18.2 Å². The summed E-state index contributed by atoms with van der Waals surface area (Å²) in [7, 11) is 0. The molecule has 0 atom stereocenters. The second kappa shape index (κ2) is 3.50. The van der Waals surface area contributed by atoms with Crippen LogP contribution < -0.4 is 0 Å². The van der Waals surface area contributed by atoms with Crippen LogP contribution in [0.2, 0.25) is 0 Å². The van der Waals surface area contributed by atoms with Crippen molar-refractivity contribution in [1.29, 1.82) is 0 Å². The van der Waals surface area contributed by atoms with E-state index in [0.717, 1.165) is 11.8 Å². The van der Waals surface area contributed by atoms with Gasteiger partial charge in [-0.2, -0.15) is 0 Å². The SMILES string of the molecule is Cc1cc(C)c2cc(C=O)ccc2c1C. The highest BCUT2D eigenvalue weighted by Gasteiger charge is 2.04. The molecular weight excluding hydrogens is 184 g/mol. The average Bonchev–Trinajstić information content (AvgIpc) is 2.25. The van der Waals surface area contributed by atoms with E-state index in [1.54, 1.807) is 0 Å². The molecule has 0 aliphatic carbocycles. The van der Waals surface area contributed by atoms with E-state index in [2.05, 4.69) is 26.8 Å². The molecule has 0 aromatic heterocycles. The minimum Gasteiger partial charge on any atom is -0.298 e. The predicted molar refractivity (Wildman–Crippen MR) is 63.5 cm³/mol. The van der Waals surface area contributed by atoms with Gasteiger partial charge < -0.3 is 0 Å². The third-order valence-electron chi connectivity index (χ3n) is 3.03. The summed E-state index contributed by atoms with van der Waals surface area (Å²) in [5.74, 6) is 0. The van der Waals surface area contributed by atoms with Crippen LogP contribution in [0.15, 0.2) is 24.3 Å². The molecule has 1 nitrogen and oxygen atoms in total. The molecule has 0 heterocycles. The highest BCUT2D eigenvalue weighted by atomic mass is 16.1. The number of rotatable bonds is 1. The maximum atomic E-state index is 10.7. The summed E-state index contributed by atoms with van der Waals surface area (Å²) >= 11 is 0. The van der Waals surface area contributed by atoms with Crippen LogP contribution in [-0.2, 0) is 0 Å². The Morgan fingerprint density at radius 2 is 1.67 bits per heavy atom. The van der Waals surface area contributed by atoms with Crippen LogP contribution in [0.25, 0.3) is 10.8 Å². The number of aryl methyl sites for hydroxylation is 3. The number of benzene rings is 2. The van der Waals surface area contributed by atoms with Gasteiger partial charge in [0.1, 0.15) is 6.29 Å². The zero-order valence-corrected chi connectivity index (χ0v) is 9.29. The first-order valence-electron chi connectivity index (χ1n) is 5.09. The van der Waals surface area contributed by atoms with Crippen molar-refractivity contribution >= 4 is 17.1 Å². The maximum absolute atomic E-state index is 10.7. The molecule has 0 amide bonds. The number of carbonyl (C=O) groups is 1. The molecule has 0 saturated carbocycles. The minimum absolute atomic E-state index is 0.744. The lowest BCUT2D eigenvalue weighted by Gasteiger charge is -2.09. The van der Waals surface area contributed by atoms with Crippen LogP contribution in [0.5, 0.6) is 0 Å². The highest BCUT2D eigenvalue weighted by molar-refractivity contribution is 5.93. The number of carbonyl (C=O) groups excluding carboxylic acids is 1. The van der Waals surface area contributed by atoms with E-state index in [0.29, 0.717) is 0 Å². The van der Waals surface area contributed by atoms with Crippen LogP contribution in [-0.4, -0.2) is 6.29 Å². The zero-order valence-electron chi connectivity index (χ0n) is 9.29. The molecule has 2 aromatic rings. The monoisotopic (exact) mass is 198 g/mol. The number of hydrogen-bond donors (Lipinski definition) is 0. The Hall–Kier alpha value is -1.63. The van der Waals surface area contributed by atoms with Gasteiger partial charge in [-0.25, -0.2) is 0 Å². The van der Waals surface area contributed by atoms with E-state index in [-0.39, 0.29) is 0 Å². The smallest absolute Gasteiger partial charge is 0.150 e. The van der Waals surface area contributed by atoms with E-state index in [9.17, 15) is 4.79 Å². The molecule has 76 valence electrons. The topological polar surface area (TPSA) is 17.1 Å². The summed E-state index contributed by atoms with van der Waals surface area (Å²) < 4.78 is 0. The summed E-state index contributed by atoms with van der Waals surface area (Å²) in [6, 6.07) is 8.05. The molecule has 15 heavy (non-hydrogen) atoms. The lowest BCUT2D eigenvalue weighted by Crippen LogP contribution is -1.89. The molecule has 2 aromatic carbocycles. The van der Waals surface area contributed by atoms with Crippen LogP contribution in [0.3, 0.4) is 0 Å². The molecule has 0 N–H and O–H groups in total. The summed E-state index contributed by atoms with van der Waals surface area (Å²) in [6.07, 6.45) is 0.897. The van der Waals surface area contributed by atoms with Gasteiger partial charge in [0, 0.05) is 5.56 Å². The normalized spacial score (nSPS) is 10.6. The third-order valence-corrected chi connectivity index (χ3v) is 3.03.